The number of rotatable bonds is 3. The summed E-state index contributed by atoms with van der Waals surface area (Å²) in [7, 11) is 0. The summed E-state index contributed by atoms with van der Waals surface area (Å²) in [4.78, 5) is 20.7. The van der Waals surface area contributed by atoms with Crippen molar-refractivity contribution in [1.29, 1.82) is 5.26 Å². The predicted octanol–water partition coefficient (Wildman–Crippen LogP) is 4.84. The van der Waals surface area contributed by atoms with Gasteiger partial charge < -0.3 is 4.98 Å². The number of aromatic amines is 1. The lowest BCUT2D eigenvalue weighted by molar-refractivity contribution is 0.167. The normalized spacial score (nSPS) is 19.7. The molecule has 1 aliphatic rings. The van der Waals surface area contributed by atoms with Gasteiger partial charge in [0.25, 0.3) is 5.56 Å². The molecule has 30 heavy (non-hydrogen) atoms. The van der Waals surface area contributed by atoms with Gasteiger partial charge in [0.1, 0.15) is 5.82 Å². The predicted molar refractivity (Wildman–Crippen MR) is 117 cm³/mol. The molecule has 1 aromatic carbocycles. The van der Waals surface area contributed by atoms with E-state index < -0.39 is 0 Å². The number of nitriles is 1. The number of H-pyrrole nitrogens is 1. The molecule has 0 unspecified atom stereocenters. The van der Waals surface area contributed by atoms with Crippen molar-refractivity contribution in [2.45, 2.75) is 65.7 Å². The molecule has 4 rings (SSSR count). The van der Waals surface area contributed by atoms with Crippen molar-refractivity contribution in [2.24, 2.45) is 11.3 Å². The van der Waals surface area contributed by atoms with Crippen LogP contribution in [0.1, 0.15) is 76.4 Å². The smallest absolute Gasteiger partial charge is 0.277 e. The maximum Gasteiger partial charge on any atom is 0.277 e. The minimum absolute atomic E-state index is 0.164. The summed E-state index contributed by atoms with van der Waals surface area (Å²) in [5.74, 6) is 2.45. The quantitative estimate of drug-likeness (QED) is 0.678. The topological polar surface area (TPSA) is 86.8 Å². The Bertz CT molecular complexity index is 1150. The Morgan fingerprint density at radius 1 is 1.17 bits per heavy atom. The van der Waals surface area contributed by atoms with Crippen LogP contribution < -0.4 is 5.56 Å². The molecule has 1 saturated carbocycles. The zero-order chi connectivity index (χ0) is 21.5. The van der Waals surface area contributed by atoms with Crippen molar-refractivity contribution in [3.63, 3.8) is 0 Å². The lowest BCUT2D eigenvalue weighted by Crippen LogP contribution is -2.26. The van der Waals surface area contributed by atoms with Crippen LogP contribution in [0.25, 0.3) is 16.9 Å². The van der Waals surface area contributed by atoms with E-state index in [4.69, 9.17) is 15.3 Å². The second-order valence-electron chi connectivity index (χ2n) is 9.44. The molecule has 1 N–H and O–H groups in total. The van der Waals surface area contributed by atoms with E-state index in [2.05, 4.69) is 31.8 Å². The first-order valence-electron chi connectivity index (χ1n) is 10.8. The number of fused-ring (bicyclic) bond motifs is 1. The van der Waals surface area contributed by atoms with Crippen LogP contribution in [0.3, 0.4) is 0 Å². The number of nitrogens with zero attached hydrogens (tertiary/aromatic N) is 4. The Morgan fingerprint density at radius 3 is 2.40 bits per heavy atom. The number of hydrogen-bond acceptors (Lipinski definition) is 4. The third-order valence-corrected chi connectivity index (χ3v) is 6.54. The molecule has 2 aromatic heterocycles. The second kappa shape index (κ2) is 7.71. The fourth-order valence-electron chi connectivity index (χ4n) is 4.66. The van der Waals surface area contributed by atoms with Crippen molar-refractivity contribution < 1.29 is 0 Å². The highest BCUT2D eigenvalue weighted by Gasteiger charge is 2.32. The fraction of sp³-hybridized carbons (Fsp3) is 0.500. The molecule has 6 nitrogen and oxygen atoms in total. The lowest BCUT2D eigenvalue weighted by atomic mass is 9.70. The molecule has 1 fully saturated rings. The molecule has 2 heterocycles. The van der Waals surface area contributed by atoms with E-state index >= 15 is 0 Å². The molecular weight excluding hydrogens is 374 g/mol. The van der Waals surface area contributed by atoms with Gasteiger partial charge in [-0.3, -0.25) is 4.79 Å². The molecule has 6 heteroatoms. The second-order valence-corrected chi connectivity index (χ2v) is 9.44. The monoisotopic (exact) mass is 403 g/mol. The van der Waals surface area contributed by atoms with Crippen LogP contribution >= 0.6 is 0 Å². The van der Waals surface area contributed by atoms with Crippen molar-refractivity contribution >= 4 is 5.52 Å². The van der Waals surface area contributed by atoms with Gasteiger partial charge >= 0.3 is 0 Å². The molecule has 0 saturated heterocycles. The molecule has 0 spiro atoms. The summed E-state index contributed by atoms with van der Waals surface area (Å²) in [5, 5.41) is 13.8. The van der Waals surface area contributed by atoms with Gasteiger partial charge in [0.15, 0.2) is 11.3 Å². The number of hydrogen-bond donors (Lipinski definition) is 1. The van der Waals surface area contributed by atoms with Gasteiger partial charge in [0.05, 0.1) is 17.3 Å². The summed E-state index contributed by atoms with van der Waals surface area (Å²) >= 11 is 0. The van der Waals surface area contributed by atoms with Crippen molar-refractivity contribution in [2.75, 3.05) is 0 Å². The van der Waals surface area contributed by atoms with Gasteiger partial charge in [-0.2, -0.15) is 5.26 Å². The standard InChI is InChI=1S/C24H29N5O/c1-5-19-20-23(30)27-21(16-8-6-15(14-25)7-9-16)28-29(20)22(26-19)17-10-12-18(13-11-17)24(2,3)4/h6-9,17-18H,5,10-13H2,1-4H3,(H,27,28,30). The van der Waals surface area contributed by atoms with Crippen molar-refractivity contribution in [1.82, 2.24) is 19.6 Å². The fourth-order valence-corrected chi connectivity index (χ4v) is 4.66. The molecule has 156 valence electrons. The van der Waals surface area contributed by atoms with E-state index in [-0.39, 0.29) is 5.56 Å². The summed E-state index contributed by atoms with van der Waals surface area (Å²) in [6.45, 7) is 8.99. The molecular formula is C24H29N5O. The summed E-state index contributed by atoms with van der Waals surface area (Å²) < 4.78 is 1.79. The minimum Gasteiger partial charge on any atom is -0.303 e. The highest BCUT2D eigenvalue weighted by Crippen LogP contribution is 2.43. The summed E-state index contributed by atoms with van der Waals surface area (Å²) in [6, 6.07) is 9.22. The van der Waals surface area contributed by atoms with Gasteiger partial charge in [0, 0.05) is 11.5 Å². The van der Waals surface area contributed by atoms with Crippen LogP contribution in [0.4, 0.5) is 0 Å². The Balaban J connectivity index is 1.76. The maximum absolute atomic E-state index is 12.9. The zero-order valence-electron chi connectivity index (χ0n) is 18.2. The maximum atomic E-state index is 12.9. The minimum atomic E-state index is -0.164. The number of nitrogens with one attached hydrogen (secondary N) is 1. The highest BCUT2D eigenvalue weighted by atomic mass is 16.1. The van der Waals surface area contributed by atoms with E-state index in [9.17, 15) is 4.79 Å². The molecule has 0 radical (unpaired) electrons. The molecule has 0 amide bonds. The SMILES string of the molecule is CCc1nc(C2CCC(C(C)(C)C)CC2)n2nc(-c3ccc(C#N)cc3)[nH]c(=O)c12. The van der Waals surface area contributed by atoms with E-state index in [1.165, 1.54) is 12.8 Å². The van der Waals surface area contributed by atoms with Gasteiger partial charge in [-0.15, -0.1) is 5.10 Å². The third kappa shape index (κ3) is 3.65. The summed E-state index contributed by atoms with van der Waals surface area (Å²) in [5.41, 5.74) is 2.89. The van der Waals surface area contributed by atoms with Gasteiger partial charge in [0.2, 0.25) is 0 Å². The van der Waals surface area contributed by atoms with E-state index in [1.54, 1.807) is 16.6 Å². The van der Waals surface area contributed by atoms with Crippen LogP contribution in [-0.2, 0) is 6.42 Å². The van der Waals surface area contributed by atoms with Crippen LogP contribution in [0.15, 0.2) is 29.1 Å². The van der Waals surface area contributed by atoms with Crippen molar-refractivity contribution in [3.05, 3.63) is 51.7 Å². The van der Waals surface area contributed by atoms with Crippen molar-refractivity contribution in [3.8, 4) is 17.5 Å². The van der Waals surface area contributed by atoms with Crippen LogP contribution in [0.2, 0.25) is 0 Å². The first-order chi connectivity index (χ1) is 14.3. The van der Waals surface area contributed by atoms with Crippen LogP contribution in [0, 0.1) is 22.7 Å². The lowest BCUT2D eigenvalue weighted by Gasteiger charge is -2.36. The van der Waals surface area contributed by atoms with E-state index in [0.717, 1.165) is 35.8 Å². The van der Waals surface area contributed by atoms with Gasteiger partial charge in [-0.05, 0) is 67.7 Å². The molecule has 1 aliphatic carbocycles. The molecule has 0 bridgehead atoms. The average molecular weight is 404 g/mol. The Hall–Kier alpha value is -2.94. The molecule has 0 atom stereocenters. The van der Waals surface area contributed by atoms with E-state index in [1.807, 2.05) is 19.1 Å². The zero-order valence-corrected chi connectivity index (χ0v) is 18.2. The molecule has 3 aromatic rings. The molecule has 0 aliphatic heterocycles. The average Bonchev–Trinajstić information content (AvgIpc) is 3.12. The number of aromatic nitrogens is 4. The van der Waals surface area contributed by atoms with Crippen LogP contribution in [0.5, 0.6) is 0 Å². The Kier molecular flexibility index (Phi) is 5.23. The largest absolute Gasteiger partial charge is 0.303 e. The Morgan fingerprint density at radius 2 is 1.83 bits per heavy atom. The van der Waals surface area contributed by atoms with Gasteiger partial charge in [-0.25, -0.2) is 9.50 Å². The number of imidazole rings is 1. The Labute approximate surface area is 177 Å². The van der Waals surface area contributed by atoms with Crippen LogP contribution in [-0.4, -0.2) is 19.6 Å². The number of benzene rings is 1. The number of aryl methyl sites for hydroxylation is 1. The van der Waals surface area contributed by atoms with E-state index in [0.29, 0.717) is 34.7 Å². The third-order valence-electron chi connectivity index (χ3n) is 6.54. The van der Waals surface area contributed by atoms with Gasteiger partial charge in [-0.1, -0.05) is 27.7 Å². The first-order valence-corrected chi connectivity index (χ1v) is 10.8. The summed E-state index contributed by atoms with van der Waals surface area (Å²) in [6.07, 6.45) is 5.20. The highest BCUT2D eigenvalue weighted by molar-refractivity contribution is 5.59. The first kappa shape index (κ1) is 20.3.